The molecule has 5 N–H and O–H groups in total. The Balaban J connectivity index is 0.000000274. The number of para-hydroxylation sites is 3. The first kappa shape index (κ1) is 40.6. The third-order valence-electron chi connectivity index (χ3n) is 13.3. The Kier molecular flexibility index (Phi) is 9.90. The minimum atomic E-state index is -0.254. The second-order valence-corrected chi connectivity index (χ2v) is 17.7. The van der Waals surface area contributed by atoms with Crippen LogP contribution < -0.4 is 11.5 Å². The summed E-state index contributed by atoms with van der Waals surface area (Å²) in [5, 5.41) is 15.0. The summed E-state index contributed by atoms with van der Waals surface area (Å²) >= 11 is 0. The third-order valence-corrected chi connectivity index (χ3v) is 13.3. The number of nitrogens with zero attached hydrogens (tertiary/aromatic N) is 2. The molecule has 0 aliphatic heterocycles. The molecule has 9 aromatic carbocycles. The number of hydrogen-bond donors (Lipinski definition) is 3. The number of hydrogen-bond acceptors (Lipinski definition) is 3. The Morgan fingerprint density at radius 3 is 1.79 bits per heavy atom. The molecule has 0 amide bonds. The first-order valence-corrected chi connectivity index (χ1v) is 22.5. The van der Waals surface area contributed by atoms with E-state index >= 15 is 0 Å². The molecule has 0 bridgehead atoms. The summed E-state index contributed by atoms with van der Waals surface area (Å²) in [6.07, 6.45) is 0. The number of fused-ring (bicyclic) bond motifs is 14. The van der Waals surface area contributed by atoms with Crippen LogP contribution in [0.1, 0.15) is 41.7 Å². The highest BCUT2D eigenvalue weighted by molar-refractivity contribution is 6.31. The van der Waals surface area contributed by atoms with Crippen LogP contribution in [-0.4, -0.2) is 15.0 Å². The standard InChI is InChI=1S/C46H32N4O.C7H9N.C7H8/c1-46(2)35-24-26(45(47)48)16-18-29(35)30-19-17-28(25-36(30)46)49-37-14-8-6-13-33(37)41-38(49)23-21-34-42-39(50(43(34)41)27-10-4-3-5-11-27)22-20-32-31-12-7-9-15-40(31)51-44(32)42;8-6-7-4-2-1-3-5-7;1-7-5-3-2-4-6-7/h3-25H,1-2H3,(H3,47,48);1-5H,6,8H2;2-6H,1H3. The topological polar surface area (TPSA) is 98.9 Å². The van der Waals surface area contributed by atoms with Gasteiger partial charge in [-0.05, 0) is 101 Å². The molecule has 320 valence electrons. The Morgan fingerprint density at radius 1 is 0.530 bits per heavy atom. The molecule has 1 aliphatic carbocycles. The molecular formula is C60H49N5O. The van der Waals surface area contributed by atoms with E-state index in [0.717, 1.165) is 60.8 Å². The average molecular weight is 856 g/mol. The van der Waals surface area contributed by atoms with Gasteiger partial charge in [0.2, 0.25) is 0 Å². The molecule has 6 heteroatoms. The van der Waals surface area contributed by atoms with Crippen molar-refractivity contribution in [2.24, 2.45) is 11.5 Å². The summed E-state index contributed by atoms with van der Waals surface area (Å²) in [5.74, 6) is 0.0933. The SMILES string of the molecule is CC1(C)c2cc(C(=N)N)ccc2-c2ccc(-n3c4ccccc4c4c3ccc3c5c6oc7ccccc7c6ccc5n(-c5ccccc5)c34)cc21.Cc1ccccc1.NCc1ccccc1. The second-order valence-electron chi connectivity index (χ2n) is 17.7. The molecule has 0 fully saturated rings. The number of benzene rings is 9. The molecule has 0 saturated heterocycles. The van der Waals surface area contributed by atoms with Crippen molar-refractivity contribution in [2.75, 3.05) is 0 Å². The fourth-order valence-corrected chi connectivity index (χ4v) is 10.1. The molecule has 13 rings (SSSR count). The van der Waals surface area contributed by atoms with Gasteiger partial charge in [0.1, 0.15) is 17.0 Å². The Hall–Kier alpha value is -8.19. The zero-order chi connectivity index (χ0) is 45.1. The second kappa shape index (κ2) is 16.1. The van der Waals surface area contributed by atoms with E-state index in [2.05, 4.69) is 169 Å². The highest BCUT2D eigenvalue weighted by Gasteiger charge is 2.36. The van der Waals surface area contributed by atoms with Crippen LogP contribution >= 0.6 is 0 Å². The number of nitrogen functional groups attached to an aromatic ring is 1. The highest BCUT2D eigenvalue weighted by Crippen LogP contribution is 2.51. The lowest BCUT2D eigenvalue weighted by Gasteiger charge is -2.23. The van der Waals surface area contributed by atoms with Gasteiger partial charge in [0.15, 0.2) is 0 Å². The summed E-state index contributed by atoms with van der Waals surface area (Å²) in [5.41, 5.74) is 27.9. The molecular weight excluding hydrogens is 807 g/mol. The van der Waals surface area contributed by atoms with Gasteiger partial charge in [0.05, 0.1) is 27.5 Å². The van der Waals surface area contributed by atoms with Crippen molar-refractivity contribution < 1.29 is 4.42 Å². The number of nitrogens with one attached hydrogen (secondary N) is 1. The average Bonchev–Trinajstić information content (AvgIpc) is 4.07. The summed E-state index contributed by atoms with van der Waals surface area (Å²) in [4.78, 5) is 0. The number of aryl methyl sites for hydroxylation is 1. The van der Waals surface area contributed by atoms with Gasteiger partial charge in [-0.25, -0.2) is 0 Å². The van der Waals surface area contributed by atoms with Gasteiger partial charge < -0.3 is 25.0 Å². The van der Waals surface area contributed by atoms with Gasteiger partial charge in [-0.15, -0.1) is 0 Å². The number of furan rings is 1. The normalized spacial score (nSPS) is 12.5. The summed E-state index contributed by atoms with van der Waals surface area (Å²) in [6.45, 7) is 7.27. The molecule has 0 radical (unpaired) electrons. The van der Waals surface area contributed by atoms with Gasteiger partial charge >= 0.3 is 0 Å². The van der Waals surface area contributed by atoms with E-state index in [1.807, 2.05) is 60.7 Å². The van der Waals surface area contributed by atoms with Gasteiger partial charge in [-0.3, -0.25) is 5.41 Å². The molecule has 6 nitrogen and oxygen atoms in total. The van der Waals surface area contributed by atoms with Crippen LogP contribution in [0.5, 0.6) is 0 Å². The quantitative estimate of drug-likeness (QED) is 0.121. The maximum atomic E-state index is 8.07. The van der Waals surface area contributed by atoms with Crippen LogP contribution in [-0.2, 0) is 12.0 Å². The van der Waals surface area contributed by atoms with E-state index in [-0.39, 0.29) is 11.3 Å². The van der Waals surface area contributed by atoms with Crippen LogP contribution in [0.3, 0.4) is 0 Å². The van der Waals surface area contributed by atoms with E-state index in [9.17, 15) is 0 Å². The monoisotopic (exact) mass is 855 g/mol. The van der Waals surface area contributed by atoms with E-state index in [4.69, 9.17) is 21.3 Å². The Bertz CT molecular complexity index is 3800. The first-order valence-electron chi connectivity index (χ1n) is 22.5. The predicted octanol–water partition coefficient (Wildman–Crippen LogP) is 14.5. The molecule has 66 heavy (non-hydrogen) atoms. The summed E-state index contributed by atoms with van der Waals surface area (Å²) in [7, 11) is 0. The van der Waals surface area contributed by atoms with Crippen LogP contribution in [0, 0.1) is 12.3 Å². The van der Waals surface area contributed by atoms with Gasteiger partial charge in [0, 0.05) is 55.8 Å². The Morgan fingerprint density at radius 2 is 1.12 bits per heavy atom. The Labute approximate surface area is 383 Å². The fraction of sp³-hybridized carbons (Fsp3) is 0.0833. The molecule has 12 aromatic rings. The van der Waals surface area contributed by atoms with E-state index in [1.54, 1.807) is 0 Å². The first-order chi connectivity index (χ1) is 32.2. The van der Waals surface area contributed by atoms with Gasteiger partial charge in [0.25, 0.3) is 0 Å². The van der Waals surface area contributed by atoms with Gasteiger partial charge in [-0.2, -0.15) is 0 Å². The van der Waals surface area contributed by atoms with Crippen molar-refractivity contribution in [3.63, 3.8) is 0 Å². The van der Waals surface area contributed by atoms with Crippen molar-refractivity contribution in [1.82, 2.24) is 9.13 Å². The van der Waals surface area contributed by atoms with E-state index in [0.29, 0.717) is 6.54 Å². The largest absolute Gasteiger partial charge is 0.455 e. The number of nitrogens with two attached hydrogens (primary N) is 2. The molecule has 3 heterocycles. The number of aromatic nitrogens is 2. The molecule has 0 saturated carbocycles. The van der Waals surface area contributed by atoms with Crippen molar-refractivity contribution in [2.45, 2.75) is 32.7 Å². The summed E-state index contributed by atoms with van der Waals surface area (Å²) in [6, 6.07) is 70.1. The fourth-order valence-electron chi connectivity index (χ4n) is 10.1. The lowest BCUT2D eigenvalue weighted by Crippen LogP contribution is -2.17. The zero-order valence-electron chi connectivity index (χ0n) is 37.2. The van der Waals surface area contributed by atoms with Crippen LogP contribution in [0.25, 0.3) is 88.1 Å². The smallest absolute Gasteiger partial charge is 0.145 e. The van der Waals surface area contributed by atoms with Crippen molar-refractivity contribution in [3.8, 4) is 22.5 Å². The molecule has 1 aliphatic rings. The molecule has 0 atom stereocenters. The summed E-state index contributed by atoms with van der Waals surface area (Å²) < 4.78 is 11.5. The lowest BCUT2D eigenvalue weighted by molar-refractivity contribution is 0.659. The predicted molar refractivity (Wildman–Crippen MR) is 276 cm³/mol. The van der Waals surface area contributed by atoms with E-state index < -0.39 is 0 Å². The van der Waals surface area contributed by atoms with Crippen LogP contribution in [0.2, 0.25) is 0 Å². The maximum Gasteiger partial charge on any atom is 0.145 e. The van der Waals surface area contributed by atoms with Crippen LogP contribution in [0.15, 0.2) is 205 Å². The molecule has 0 spiro atoms. The minimum absolute atomic E-state index is 0.0933. The minimum Gasteiger partial charge on any atom is -0.455 e. The zero-order valence-corrected chi connectivity index (χ0v) is 37.2. The van der Waals surface area contributed by atoms with E-state index in [1.165, 1.54) is 55.1 Å². The number of rotatable bonds is 4. The number of amidine groups is 1. The van der Waals surface area contributed by atoms with Crippen molar-refractivity contribution in [3.05, 3.63) is 228 Å². The van der Waals surface area contributed by atoms with Crippen molar-refractivity contribution in [1.29, 1.82) is 5.41 Å². The van der Waals surface area contributed by atoms with Crippen LogP contribution in [0.4, 0.5) is 0 Å². The lowest BCUT2D eigenvalue weighted by atomic mass is 9.82. The highest BCUT2D eigenvalue weighted by atomic mass is 16.3. The van der Waals surface area contributed by atoms with Gasteiger partial charge in [-0.1, -0.05) is 153 Å². The maximum absolute atomic E-state index is 8.07. The molecule has 0 unspecified atom stereocenters. The van der Waals surface area contributed by atoms with Crippen molar-refractivity contribution >= 4 is 71.4 Å². The molecule has 3 aromatic heterocycles. The third kappa shape index (κ3) is 6.56.